The van der Waals surface area contributed by atoms with Crippen LogP contribution in [0.25, 0.3) is 0 Å². The first-order valence-electron chi connectivity index (χ1n) is 11.3. The summed E-state index contributed by atoms with van der Waals surface area (Å²) in [6, 6.07) is 0. The molecule has 0 atom stereocenters. The van der Waals surface area contributed by atoms with Crippen LogP contribution in [-0.2, 0) is 0 Å². The van der Waals surface area contributed by atoms with Crippen LogP contribution in [0.5, 0.6) is 0 Å². The lowest BCUT2D eigenvalue weighted by atomic mass is 10.1. The highest BCUT2D eigenvalue weighted by atomic mass is 79.9. The van der Waals surface area contributed by atoms with Gasteiger partial charge in [0.1, 0.15) is 0 Å². The smallest absolute Gasteiger partial charge is 0.0594 e. The van der Waals surface area contributed by atoms with E-state index in [1.165, 1.54) is 88.3 Å². The van der Waals surface area contributed by atoms with Crippen molar-refractivity contribution in [2.75, 3.05) is 49.3 Å². The summed E-state index contributed by atoms with van der Waals surface area (Å²) in [7, 11) is -1.06. The highest BCUT2D eigenvalue weighted by Crippen LogP contribution is 2.59. The lowest BCUT2D eigenvalue weighted by Crippen LogP contribution is -3.00. The van der Waals surface area contributed by atoms with Crippen molar-refractivity contribution in [3.05, 3.63) is 0 Å². The molecule has 0 nitrogen and oxygen atoms in total. The van der Waals surface area contributed by atoms with E-state index >= 15 is 0 Å². The molecule has 0 heterocycles. The molecule has 0 saturated carbocycles. The third kappa shape index (κ3) is 13.1. The lowest BCUT2D eigenvalue weighted by molar-refractivity contribution is -0.001000. The molecule has 4 heteroatoms. The Morgan fingerprint density at radius 3 is 0.731 bits per heavy atom. The van der Waals surface area contributed by atoms with Crippen molar-refractivity contribution < 1.29 is 34.0 Å². The zero-order valence-electron chi connectivity index (χ0n) is 19.0. The van der Waals surface area contributed by atoms with E-state index in [1.807, 2.05) is 0 Å². The van der Waals surface area contributed by atoms with E-state index in [9.17, 15) is 0 Å². The second-order valence-corrected chi connectivity index (χ2v) is 17.9. The fourth-order valence-electron chi connectivity index (χ4n) is 4.25. The van der Waals surface area contributed by atoms with Crippen molar-refractivity contribution in [3.8, 4) is 0 Å². The SMILES string of the molecule is CC[P+](CC)(CC)CCCCCCCCCC[P+](CC)(CC)CC.[Br-].[Br-]. The Morgan fingerprint density at radius 1 is 0.346 bits per heavy atom. The number of unbranched alkanes of at least 4 members (excludes halogenated alkanes) is 7. The van der Waals surface area contributed by atoms with Crippen LogP contribution in [0.2, 0.25) is 0 Å². The van der Waals surface area contributed by atoms with Crippen molar-refractivity contribution in [2.24, 2.45) is 0 Å². The van der Waals surface area contributed by atoms with Gasteiger partial charge in [0, 0.05) is 14.5 Å². The molecule has 0 aliphatic heterocycles. The van der Waals surface area contributed by atoms with Gasteiger partial charge < -0.3 is 34.0 Å². The van der Waals surface area contributed by atoms with Crippen LogP contribution >= 0.6 is 14.5 Å². The maximum atomic E-state index is 2.44. The summed E-state index contributed by atoms with van der Waals surface area (Å²) in [5, 5.41) is 0. The van der Waals surface area contributed by atoms with Gasteiger partial charge in [0.25, 0.3) is 0 Å². The van der Waals surface area contributed by atoms with Gasteiger partial charge >= 0.3 is 0 Å². The number of rotatable bonds is 17. The minimum atomic E-state index is -0.532. The number of hydrogen-bond acceptors (Lipinski definition) is 0. The molecule has 0 radical (unpaired) electrons. The molecular weight excluding hydrogens is 486 g/mol. The molecule has 0 aliphatic rings. The second-order valence-electron chi connectivity index (χ2n) is 7.86. The predicted molar refractivity (Wildman–Crippen MR) is 124 cm³/mol. The maximum Gasteiger partial charge on any atom is 0.0594 e. The molecule has 0 unspecified atom stereocenters. The van der Waals surface area contributed by atoms with Crippen molar-refractivity contribution in [1.82, 2.24) is 0 Å². The Morgan fingerprint density at radius 2 is 0.538 bits per heavy atom. The summed E-state index contributed by atoms with van der Waals surface area (Å²) >= 11 is 0. The van der Waals surface area contributed by atoms with Crippen LogP contribution in [0.1, 0.15) is 92.9 Å². The van der Waals surface area contributed by atoms with E-state index in [2.05, 4.69) is 41.5 Å². The summed E-state index contributed by atoms with van der Waals surface area (Å²) in [4.78, 5) is 0. The Balaban J connectivity index is -0.00000264. The van der Waals surface area contributed by atoms with E-state index < -0.39 is 14.5 Å². The van der Waals surface area contributed by atoms with Gasteiger partial charge in [-0.2, -0.15) is 0 Å². The average molecular weight is 536 g/mol. The minimum absolute atomic E-state index is 0. The summed E-state index contributed by atoms with van der Waals surface area (Å²) in [6.45, 7) is 14.6. The van der Waals surface area contributed by atoms with Crippen LogP contribution in [0.3, 0.4) is 0 Å². The third-order valence-electron chi connectivity index (χ3n) is 7.04. The molecule has 0 spiro atoms. The molecule has 0 aromatic heterocycles. The van der Waals surface area contributed by atoms with E-state index in [0.29, 0.717) is 0 Å². The molecular formula is C22H50Br2P2. The highest BCUT2D eigenvalue weighted by Gasteiger charge is 2.30. The third-order valence-corrected chi connectivity index (χ3v) is 17.6. The van der Waals surface area contributed by atoms with E-state index in [1.54, 1.807) is 12.3 Å². The standard InChI is InChI=1S/C22H50P2.2BrH/c1-7-23(8-2,9-3)21-19-17-15-13-14-16-18-20-22-24(10-4,11-5)12-6;;/h7-22H2,1-6H3;2*1H/q+2;;/p-2. The zero-order valence-corrected chi connectivity index (χ0v) is 23.9. The maximum absolute atomic E-state index is 2.44. The molecule has 0 fully saturated rings. The average Bonchev–Trinajstić information content (AvgIpc) is 2.64. The molecule has 0 rings (SSSR count). The summed E-state index contributed by atoms with van der Waals surface area (Å²) in [5.41, 5.74) is 0. The van der Waals surface area contributed by atoms with Gasteiger partial charge in [0.15, 0.2) is 0 Å². The van der Waals surface area contributed by atoms with Crippen LogP contribution in [0.15, 0.2) is 0 Å². The lowest BCUT2D eigenvalue weighted by Gasteiger charge is -2.23. The van der Waals surface area contributed by atoms with Gasteiger partial charge in [-0.3, -0.25) is 0 Å². The molecule has 26 heavy (non-hydrogen) atoms. The van der Waals surface area contributed by atoms with Crippen molar-refractivity contribution in [1.29, 1.82) is 0 Å². The first-order chi connectivity index (χ1) is 11.6. The molecule has 0 aromatic carbocycles. The van der Waals surface area contributed by atoms with Crippen molar-refractivity contribution in [2.45, 2.75) is 92.9 Å². The minimum Gasteiger partial charge on any atom is -1.00 e. The first kappa shape index (κ1) is 32.5. The quantitative estimate of drug-likeness (QED) is 0.198. The highest BCUT2D eigenvalue weighted by molar-refractivity contribution is 7.76. The zero-order chi connectivity index (χ0) is 18.3. The number of halogens is 2. The van der Waals surface area contributed by atoms with Crippen LogP contribution in [0.4, 0.5) is 0 Å². The normalized spacial score (nSPS) is 11.8. The van der Waals surface area contributed by atoms with Gasteiger partial charge in [0.05, 0.1) is 49.3 Å². The van der Waals surface area contributed by atoms with Gasteiger partial charge in [-0.25, -0.2) is 0 Å². The second kappa shape index (κ2) is 20.1. The van der Waals surface area contributed by atoms with Crippen LogP contribution in [-0.4, -0.2) is 49.3 Å². The van der Waals surface area contributed by atoms with E-state index in [-0.39, 0.29) is 34.0 Å². The van der Waals surface area contributed by atoms with Crippen LogP contribution < -0.4 is 34.0 Å². The van der Waals surface area contributed by atoms with Crippen molar-refractivity contribution in [3.63, 3.8) is 0 Å². The Labute approximate surface area is 190 Å². The molecule has 0 aliphatic carbocycles. The largest absolute Gasteiger partial charge is 1.00 e. The van der Waals surface area contributed by atoms with E-state index in [4.69, 9.17) is 0 Å². The summed E-state index contributed by atoms with van der Waals surface area (Å²) in [6.07, 6.45) is 24.0. The molecule has 0 bridgehead atoms. The molecule has 0 amide bonds. The fraction of sp³-hybridized carbons (Fsp3) is 1.00. The topological polar surface area (TPSA) is 0 Å². The Hall–Kier alpha value is 1.82. The monoisotopic (exact) mass is 534 g/mol. The van der Waals surface area contributed by atoms with Gasteiger partial charge in [-0.05, 0) is 67.2 Å². The predicted octanol–water partition coefficient (Wildman–Crippen LogP) is 2.27. The summed E-state index contributed by atoms with van der Waals surface area (Å²) < 4.78 is 0. The molecule has 162 valence electrons. The fourth-order valence-corrected chi connectivity index (χ4v) is 10.6. The van der Waals surface area contributed by atoms with Gasteiger partial charge in [-0.15, -0.1) is 0 Å². The van der Waals surface area contributed by atoms with Crippen molar-refractivity contribution >= 4 is 14.5 Å². The summed E-state index contributed by atoms with van der Waals surface area (Å²) in [5.74, 6) is 0. The van der Waals surface area contributed by atoms with Crippen LogP contribution in [0, 0.1) is 0 Å². The van der Waals surface area contributed by atoms with Gasteiger partial charge in [-0.1, -0.05) is 25.7 Å². The Bertz CT molecular complexity index is 233. The molecule has 0 aromatic rings. The van der Waals surface area contributed by atoms with Gasteiger partial charge in [0.2, 0.25) is 0 Å². The van der Waals surface area contributed by atoms with E-state index in [0.717, 1.165) is 0 Å². The number of hydrogen-bond donors (Lipinski definition) is 0. The molecule has 0 N–H and O–H groups in total. The first-order valence-corrected chi connectivity index (χ1v) is 16.3. The molecule has 0 saturated heterocycles. The Kier molecular flexibility index (Phi) is 25.1.